The van der Waals surface area contributed by atoms with Crippen LogP contribution in [0.2, 0.25) is 0 Å². The zero-order chi connectivity index (χ0) is 19.3. The molecular weight excluding hydrogens is 334 g/mol. The van der Waals surface area contributed by atoms with Gasteiger partial charge in [-0.05, 0) is 38.8 Å². The smallest absolute Gasteiger partial charge is 0.344 e. The highest BCUT2D eigenvalue weighted by Crippen LogP contribution is 2.32. The Kier molecular flexibility index (Phi) is 6.44. The number of hydrogen-bond acceptors (Lipinski definition) is 5. The lowest BCUT2D eigenvalue weighted by Gasteiger charge is -2.13. The van der Waals surface area contributed by atoms with Crippen molar-refractivity contribution in [1.29, 1.82) is 0 Å². The summed E-state index contributed by atoms with van der Waals surface area (Å²) in [5.41, 5.74) is 3.08. The standard InChI is InChI=1S/C20H25NO5/c1-6-25-19(22)16-14(4)21(12-15-11-9-8-10-13(15)3)18(24-5)17(16)20(23)26-7-2/h8-11H,6-7,12H2,1-5H3. The number of carbonyl (C=O) groups excluding carboxylic acids is 2. The van der Waals surface area contributed by atoms with Crippen LogP contribution in [0.3, 0.4) is 0 Å². The van der Waals surface area contributed by atoms with Crippen LogP contribution >= 0.6 is 0 Å². The van der Waals surface area contributed by atoms with Crippen molar-refractivity contribution in [2.24, 2.45) is 0 Å². The van der Waals surface area contributed by atoms with Crippen LogP contribution in [0.5, 0.6) is 5.88 Å². The molecule has 0 aliphatic heterocycles. The second-order valence-electron chi connectivity index (χ2n) is 5.80. The van der Waals surface area contributed by atoms with Crippen molar-refractivity contribution in [3.05, 3.63) is 52.2 Å². The summed E-state index contributed by atoms with van der Waals surface area (Å²) >= 11 is 0. The molecular formula is C20H25NO5. The first-order valence-corrected chi connectivity index (χ1v) is 8.61. The lowest BCUT2D eigenvalue weighted by atomic mass is 10.1. The summed E-state index contributed by atoms with van der Waals surface area (Å²) in [6.07, 6.45) is 0. The van der Waals surface area contributed by atoms with Gasteiger partial charge in [0.05, 0.1) is 32.4 Å². The maximum atomic E-state index is 12.5. The Morgan fingerprint density at radius 3 is 2.08 bits per heavy atom. The maximum absolute atomic E-state index is 12.5. The SMILES string of the molecule is CCOC(=O)c1c(C(=O)OCC)c(OC)n(Cc2ccccc2C)c1C. The fourth-order valence-electron chi connectivity index (χ4n) is 2.92. The van der Waals surface area contributed by atoms with Crippen LogP contribution < -0.4 is 4.74 Å². The van der Waals surface area contributed by atoms with E-state index < -0.39 is 11.9 Å². The number of rotatable bonds is 7. The van der Waals surface area contributed by atoms with Crippen LogP contribution in [0, 0.1) is 13.8 Å². The van der Waals surface area contributed by atoms with Crippen LogP contribution in [0.15, 0.2) is 24.3 Å². The van der Waals surface area contributed by atoms with Crippen molar-refractivity contribution < 1.29 is 23.8 Å². The summed E-state index contributed by atoms with van der Waals surface area (Å²) in [7, 11) is 1.47. The molecule has 0 aliphatic rings. The first kappa shape index (κ1) is 19.6. The van der Waals surface area contributed by atoms with Crippen molar-refractivity contribution in [2.75, 3.05) is 20.3 Å². The summed E-state index contributed by atoms with van der Waals surface area (Å²) in [5, 5.41) is 0. The summed E-state index contributed by atoms with van der Waals surface area (Å²) in [6.45, 7) is 8.10. The van der Waals surface area contributed by atoms with Gasteiger partial charge in [0.2, 0.25) is 5.88 Å². The quantitative estimate of drug-likeness (QED) is 0.708. The zero-order valence-corrected chi connectivity index (χ0v) is 15.9. The highest BCUT2D eigenvalue weighted by atomic mass is 16.5. The topological polar surface area (TPSA) is 66.8 Å². The van der Waals surface area contributed by atoms with Gasteiger partial charge in [-0.15, -0.1) is 0 Å². The van der Waals surface area contributed by atoms with Crippen molar-refractivity contribution >= 4 is 11.9 Å². The van der Waals surface area contributed by atoms with Gasteiger partial charge in [-0.25, -0.2) is 9.59 Å². The lowest BCUT2D eigenvalue weighted by molar-refractivity contribution is 0.0477. The molecule has 0 saturated heterocycles. The molecule has 0 radical (unpaired) electrons. The van der Waals surface area contributed by atoms with Crippen molar-refractivity contribution in [1.82, 2.24) is 4.57 Å². The third-order valence-corrected chi connectivity index (χ3v) is 4.22. The number of aryl methyl sites for hydroxylation is 1. The van der Waals surface area contributed by atoms with E-state index in [1.54, 1.807) is 25.3 Å². The molecule has 6 nitrogen and oxygen atoms in total. The van der Waals surface area contributed by atoms with E-state index in [-0.39, 0.29) is 24.3 Å². The van der Waals surface area contributed by atoms with E-state index in [4.69, 9.17) is 14.2 Å². The van der Waals surface area contributed by atoms with Gasteiger partial charge in [0.1, 0.15) is 5.56 Å². The average Bonchev–Trinajstić information content (AvgIpc) is 2.89. The highest BCUT2D eigenvalue weighted by molar-refractivity contribution is 6.06. The van der Waals surface area contributed by atoms with Crippen LogP contribution in [0.1, 0.15) is 51.4 Å². The predicted octanol–water partition coefficient (Wildman–Crippen LogP) is 3.52. The minimum Gasteiger partial charge on any atom is -0.482 e. The Bertz CT molecular complexity index is 807. The number of aromatic nitrogens is 1. The molecule has 0 N–H and O–H groups in total. The zero-order valence-electron chi connectivity index (χ0n) is 15.9. The summed E-state index contributed by atoms with van der Waals surface area (Å²) in [6, 6.07) is 7.93. The van der Waals surface area contributed by atoms with Gasteiger partial charge in [0.25, 0.3) is 0 Å². The average molecular weight is 359 g/mol. The van der Waals surface area contributed by atoms with Crippen LogP contribution in [0.4, 0.5) is 0 Å². The van der Waals surface area contributed by atoms with Crippen LogP contribution in [0.25, 0.3) is 0 Å². The van der Waals surface area contributed by atoms with E-state index in [1.165, 1.54) is 7.11 Å². The minimum atomic E-state index is -0.598. The second kappa shape index (κ2) is 8.56. The van der Waals surface area contributed by atoms with E-state index in [2.05, 4.69) is 0 Å². The van der Waals surface area contributed by atoms with E-state index in [9.17, 15) is 9.59 Å². The molecule has 26 heavy (non-hydrogen) atoms. The fourth-order valence-corrected chi connectivity index (χ4v) is 2.92. The number of benzene rings is 1. The lowest BCUT2D eigenvalue weighted by Crippen LogP contribution is -2.13. The minimum absolute atomic E-state index is 0.110. The molecule has 140 valence electrons. The molecule has 2 rings (SSSR count). The van der Waals surface area contributed by atoms with Gasteiger partial charge in [0.15, 0.2) is 0 Å². The van der Waals surface area contributed by atoms with E-state index in [1.807, 2.05) is 31.2 Å². The third kappa shape index (κ3) is 3.74. The van der Waals surface area contributed by atoms with Gasteiger partial charge in [0, 0.05) is 5.69 Å². The van der Waals surface area contributed by atoms with Gasteiger partial charge in [-0.1, -0.05) is 24.3 Å². The van der Waals surface area contributed by atoms with Gasteiger partial charge < -0.3 is 18.8 Å². The molecule has 2 aromatic rings. The fraction of sp³-hybridized carbons (Fsp3) is 0.400. The number of nitrogens with zero attached hydrogens (tertiary/aromatic N) is 1. The largest absolute Gasteiger partial charge is 0.482 e. The molecule has 0 aliphatic carbocycles. The number of carbonyl (C=O) groups is 2. The highest BCUT2D eigenvalue weighted by Gasteiger charge is 2.32. The molecule has 0 spiro atoms. The Hall–Kier alpha value is -2.76. The maximum Gasteiger partial charge on any atom is 0.344 e. The molecule has 1 heterocycles. The predicted molar refractivity (Wildman–Crippen MR) is 97.9 cm³/mol. The monoisotopic (exact) mass is 359 g/mol. The summed E-state index contributed by atoms with van der Waals surface area (Å²) in [4.78, 5) is 25.0. The number of methoxy groups -OCH3 is 1. The Morgan fingerprint density at radius 1 is 0.962 bits per heavy atom. The second-order valence-corrected chi connectivity index (χ2v) is 5.80. The molecule has 0 atom stereocenters. The summed E-state index contributed by atoms with van der Waals surface area (Å²) in [5.74, 6) is -0.860. The Morgan fingerprint density at radius 2 is 1.54 bits per heavy atom. The number of hydrogen-bond donors (Lipinski definition) is 0. The van der Waals surface area contributed by atoms with Crippen LogP contribution in [-0.2, 0) is 16.0 Å². The molecule has 1 aromatic heterocycles. The molecule has 0 bridgehead atoms. The molecule has 0 fully saturated rings. The van der Waals surface area contributed by atoms with E-state index in [0.717, 1.165) is 11.1 Å². The third-order valence-electron chi connectivity index (χ3n) is 4.22. The van der Waals surface area contributed by atoms with Crippen molar-refractivity contribution in [3.63, 3.8) is 0 Å². The first-order chi connectivity index (χ1) is 12.5. The van der Waals surface area contributed by atoms with Gasteiger partial charge in [-0.2, -0.15) is 0 Å². The molecule has 6 heteroatoms. The number of esters is 2. The Balaban J connectivity index is 2.64. The Labute approximate surface area is 153 Å². The molecule has 1 aromatic carbocycles. The summed E-state index contributed by atoms with van der Waals surface area (Å²) < 4.78 is 17.6. The molecule has 0 unspecified atom stereocenters. The van der Waals surface area contributed by atoms with Gasteiger partial charge in [-0.3, -0.25) is 0 Å². The van der Waals surface area contributed by atoms with Crippen molar-refractivity contribution in [3.8, 4) is 5.88 Å². The van der Waals surface area contributed by atoms with Gasteiger partial charge >= 0.3 is 11.9 Å². The van der Waals surface area contributed by atoms with Crippen LogP contribution in [-0.4, -0.2) is 36.8 Å². The molecule has 0 saturated carbocycles. The van der Waals surface area contributed by atoms with E-state index in [0.29, 0.717) is 18.1 Å². The molecule has 0 amide bonds. The van der Waals surface area contributed by atoms with Crippen molar-refractivity contribution in [2.45, 2.75) is 34.2 Å². The normalized spacial score (nSPS) is 10.5. The first-order valence-electron chi connectivity index (χ1n) is 8.61. The van der Waals surface area contributed by atoms with E-state index >= 15 is 0 Å². The number of ether oxygens (including phenoxy) is 3.